The Kier molecular flexibility index (Phi) is 8.81. The van der Waals surface area contributed by atoms with E-state index in [1.807, 2.05) is 0 Å². The molecule has 1 aliphatic carbocycles. The third-order valence-electron chi connectivity index (χ3n) is 10.3. The molecule has 0 saturated carbocycles. The van der Waals surface area contributed by atoms with Crippen molar-refractivity contribution >= 4 is 72.8 Å². The molecule has 1 atom stereocenters. The van der Waals surface area contributed by atoms with Crippen LogP contribution in [0.15, 0.2) is 109 Å². The number of halogens is 2. The molecule has 5 aromatic rings. The Hall–Kier alpha value is -2.05. The molecule has 0 N–H and O–H groups in total. The molecule has 6 heteroatoms. The molecule has 0 spiro atoms. The van der Waals surface area contributed by atoms with Crippen molar-refractivity contribution in [3.8, 4) is 33.4 Å². The molecule has 0 saturated heterocycles. The summed E-state index contributed by atoms with van der Waals surface area (Å²) >= 11 is -4.06. The van der Waals surface area contributed by atoms with E-state index >= 15 is 0 Å². The van der Waals surface area contributed by atoms with Crippen LogP contribution in [0.2, 0.25) is 39.3 Å². The second kappa shape index (κ2) is 12.4. The summed E-state index contributed by atoms with van der Waals surface area (Å²) in [6.07, 6.45) is 3.43. The van der Waals surface area contributed by atoms with Crippen LogP contribution in [-0.4, -0.2) is 25.7 Å². The fourth-order valence-corrected chi connectivity index (χ4v) is 27.2. The zero-order chi connectivity index (χ0) is 33.3. The Morgan fingerprint density at radius 1 is 0.660 bits per heavy atom. The second-order valence-electron chi connectivity index (χ2n) is 15.5. The van der Waals surface area contributed by atoms with Crippen LogP contribution in [0.3, 0.4) is 0 Å². The summed E-state index contributed by atoms with van der Waals surface area (Å²) in [6.45, 7) is 17.1. The van der Waals surface area contributed by atoms with E-state index in [-0.39, 0.29) is 3.63 Å². The summed E-state index contributed by atoms with van der Waals surface area (Å²) in [5.74, 6) is 0. The molecule has 7 rings (SSSR count). The molecular formula is C41H44Cl2Si3Zr. The van der Waals surface area contributed by atoms with Crippen molar-refractivity contribution in [2.24, 2.45) is 0 Å². The van der Waals surface area contributed by atoms with E-state index in [0.717, 1.165) is 6.42 Å². The van der Waals surface area contributed by atoms with Gasteiger partial charge in [0.25, 0.3) is 0 Å². The SMILES string of the molecule is CCC1=Cc2c(ccc(-c3ccccc3)c2-c2cc([Si](C)(C)C)cc([Si](C)(C)C)c2)[CH]1[Zr]([Cl])([Cl])[c]1cccc2c1[SiH2]c1ccccc1-2. The predicted octanol–water partition coefficient (Wildman–Crippen LogP) is 8.85. The van der Waals surface area contributed by atoms with Gasteiger partial charge in [0.15, 0.2) is 0 Å². The van der Waals surface area contributed by atoms with E-state index in [1.54, 1.807) is 0 Å². The molecule has 5 aromatic carbocycles. The van der Waals surface area contributed by atoms with Gasteiger partial charge >= 0.3 is 300 Å². The minimum atomic E-state index is -4.06. The van der Waals surface area contributed by atoms with E-state index in [0.29, 0.717) is 0 Å². The maximum atomic E-state index is 7.99. The van der Waals surface area contributed by atoms with Gasteiger partial charge in [-0.3, -0.25) is 0 Å². The average molecular weight is 783 g/mol. The van der Waals surface area contributed by atoms with Crippen molar-refractivity contribution in [2.45, 2.75) is 56.3 Å². The van der Waals surface area contributed by atoms with Crippen LogP contribution in [0, 0.1) is 0 Å². The van der Waals surface area contributed by atoms with Crippen molar-refractivity contribution < 1.29 is 17.9 Å². The molecule has 1 heterocycles. The van der Waals surface area contributed by atoms with E-state index in [9.17, 15) is 0 Å². The first-order valence-corrected chi connectivity index (χ1v) is 34.4. The fourth-order valence-electron chi connectivity index (χ4n) is 7.68. The van der Waals surface area contributed by atoms with Crippen LogP contribution < -0.4 is 24.0 Å². The van der Waals surface area contributed by atoms with Gasteiger partial charge in [0.1, 0.15) is 0 Å². The number of hydrogen-bond donors (Lipinski definition) is 0. The molecule has 0 bridgehead atoms. The second-order valence-corrected chi connectivity index (χ2v) is 41.4. The van der Waals surface area contributed by atoms with Crippen LogP contribution in [0.1, 0.15) is 28.1 Å². The summed E-state index contributed by atoms with van der Waals surface area (Å²) < 4.78 is 1.38. The van der Waals surface area contributed by atoms with Crippen molar-refractivity contribution in [1.29, 1.82) is 0 Å². The summed E-state index contributed by atoms with van der Waals surface area (Å²) in [7, 11) is 12.1. The predicted molar refractivity (Wildman–Crippen MR) is 215 cm³/mol. The number of benzene rings is 5. The average Bonchev–Trinajstić information content (AvgIpc) is 3.62. The molecule has 0 aromatic heterocycles. The third kappa shape index (κ3) is 5.96. The first kappa shape index (κ1) is 33.5. The molecule has 0 nitrogen and oxygen atoms in total. The van der Waals surface area contributed by atoms with Crippen LogP contribution in [0.5, 0.6) is 0 Å². The Balaban J connectivity index is 1.47. The Morgan fingerprint density at radius 2 is 1.30 bits per heavy atom. The first-order valence-electron chi connectivity index (χ1n) is 17.0. The van der Waals surface area contributed by atoms with Gasteiger partial charge in [0.2, 0.25) is 0 Å². The number of allylic oxidation sites excluding steroid dienone is 1. The number of rotatable bonds is 7. The molecule has 0 amide bonds. The van der Waals surface area contributed by atoms with E-state index in [4.69, 9.17) is 17.0 Å². The molecule has 0 fully saturated rings. The van der Waals surface area contributed by atoms with Gasteiger partial charge in [-0.25, -0.2) is 0 Å². The van der Waals surface area contributed by atoms with E-state index < -0.39 is 43.5 Å². The van der Waals surface area contributed by atoms with Gasteiger partial charge in [-0.05, 0) is 0 Å². The van der Waals surface area contributed by atoms with Crippen LogP contribution in [-0.2, 0) is 17.9 Å². The maximum absolute atomic E-state index is 7.99. The van der Waals surface area contributed by atoms with Crippen molar-refractivity contribution in [3.05, 3.63) is 120 Å². The van der Waals surface area contributed by atoms with Crippen molar-refractivity contribution in [3.63, 3.8) is 0 Å². The summed E-state index contributed by atoms with van der Waals surface area (Å²) in [4.78, 5) is 0. The first-order chi connectivity index (χ1) is 22.3. The zero-order valence-electron chi connectivity index (χ0n) is 28.6. The van der Waals surface area contributed by atoms with Gasteiger partial charge in [0.05, 0.1) is 0 Å². The van der Waals surface area contributed by atoms with Gasteiger partial charge in [-0.2, -0.15) is 0 Å². The number of hydrogen-bond acceptors (Lipinski definition) is 0. The van der Waals surface area contributed by atoms with Gasteiger partial charge in [0, 0.05) is 0 Å². The van der Waals surface area contributed by atoms with Crippen LogP contribution >= 0.6 is 17.0 Å². The molecular weight excluding hydrogens is 739 g/mol. The quantitative estimate of drug-likeness (QED) is 0.142. The van der Waals surface area contributed by atoms with Gasteiger partial charge < -0.3 is 0 Å². The molecule has 0 radical (unpaired) electrons. The molecule has 1 unspecified atom stereocenters. The third-order valence-corrected chi connectivity index (χ3v) is 28.7. The van der Waals surface area contributed by atoms with Crippen LogP contribution in [0.4, 0.5) is 0 Å². The molecule has 2 aliphatic rings. The van der Waals surface area contributed by atoms with Crippen LogP contribution in [0.25, 0.3) is 39.5 Å². The summed E-state index contributed by atoms with van der Waals surface area (Å²) in [5, 5.41) is 6.07. The zero-order valence-corrected chi connectivity index (χ0v) is 36.0. The molecule has 47 heavy (non-hydrogen) atoms. The molecule has 1 aliphatic heterocycles. The number of fused-ring (bicyclic) bond motifs is 4. The summed E-state index contributed by atoms with van der Waals surface area (Å²) in [6, 6.07) is 39.0. The Bertz CT molecular complexity index is 2020. The normalized spacial score (nSPS) is 16.2. The molecule has 238 valence electrons. The van der Waals surface area contributed by atoms with E-state index in [2.05, 4.69) is 155 Å². The monoisotopic (exact) mass is 780 g/mol. The standard InChI is InChI=1S/C29H35Si2.C12H9Si.2ClH.Zr/c1-8-21-16-23-14-15-27(22-12-10-9-11-13-22)29(28(23)17-21)24-18-25(30(2,3)4)20-26(19-24)31(5,6)7;1-3-7-11-9(5-1)10-6-2-4-8-12(10)13-11;;;/h9-20H,8H2,1-7H3;1-7H,13H2;2*1H;/q;;;;+2/p-2. The Labute approximate surface area is 297 Å². The van der Waals surface area contributed by atoms with Crippen molar-refractivity contribution in [1.82, 2.24) is 0 Å². The minimum absolute atomic E-state index is 0.0806. The fraction of sp³-hybridized carbons (Fsp3) is 0.220. The summed E-state index contributed by atoms with van der Waals surface area (Å²) in [5.41, 5.74) is 12.1. The van der Waals surface area contributed by atoms with Gasteiger partial charge in [-0.15, -0.1) is 0 Å². The Morgan fingerprint density at radius 3 is 1.96 bits per heavy atom. The van der Waals surface area contributed by atoms with Gasteiger partial charge in [-0.1, -0.05) is 0 Å². The van der Waals surface area contributed by atoms with E-state index in [1.165, 1.54) is 74.1 Å². The topological polar surface area (TPSA) is 0 Å². The van der Waals surface area contributed by atoms with Crippen molar-refractivity contribution in [2.75, 3.05) is 0 Å².